The third-order valence-corrected chi connectivity index (χ3v) is 3.39. The fourth-order valence-corrected chi connectivity index (χ4v) is 2.09. The number of nitrogens with one attached hydrogen (secondary N) is 1. The average molecular weight is 356 g/mol. The van der Waals surface area contributed by atoms with Crippen LogP contribution in [-0.2, 0) is 6.61 Å². The molecule has 4 nitrogen and oxygen atoms in total. The van der Waals surface area contributed by atoms with Gasteiger partial charge in [-0.2, -0.15) is 0 Å². The van der Waals surface area contributed by atoms with Gasteiger partial charge in [-0.05, 0) is 45.8 Å². The number of hydrogen-bond donors (Lipinski definition) is 1. The van der Waals surface area contributed by atoms with Crippen LogP contribution in [-0.4, -0.2) is 9.97 Å². The van der Waals surface area contributed by atoms with Gasteiger partial charge in [-0.25, -0.2) is 9.97 Å². The lowest BCUT2D eigenvalue weighted by Crippen LogP contribution is -1.97. The minimum Gasteiger partial charge on any atom is -0.489 e. The maximum Gasteiger partial charge on any atom is 0.227 e. The van der Waals surface area contributed by atoms with Crippen LogP contribution in [0.1, 0.15) is 5.56 Å². The smallest absolute Gasteiger partial charge is 0.227 e. The van der Waals surface area contributed by atoms with Crippen LogP contribution in [0, 0.1) is 0 Å². The summed E-state index contributed by atoms with van der Waals surface area (Å²) >= 11 is 3.31. The van der Waals surface area contributed by atoms with Gasteiger partial charge in [0.15, 0.2) is 0 Å². The molecule has 3 rings (SSSR count). The Balaban J connectivity index is 1.59. The van der Waals surface area contributed by atoms with Crippen molar-refractivity contribution in [2.24, 2.45) is 0 Å². The van der Waals surface area contributed by atoms with Gasteiger partial charge in [0.1, 0.15) is 12.4 Å². The molecule has 0 saturated carbocycles. The quantitative estimate of drug-likeness (QED) is 0.728. The number of rotatable bonds is 5. The Bertz CT molecular complexity index is 715. The minimum absolute atomic E-state index is 0.557. The predicted octanol–water partition coefficient (Wildman–Crippen LogP) is 4.56. The molecule has 0 fully saturated rings. The molecule has 1 heterocycles. The highest BCUT2D eigenvalue weighted by molar-refractivity contribution is 9.10. The first-order valence-electron chi connectivity index (χ1n) is 6.81. The number of anilines is 2. The molecule has 0 aliphatic heterocycles. The lowest BCUT2D eigenvalue weighted by atomic mass is 10.2. The molecule has 0 saturated heterocycles. The Morgan fingerprint density at radius 3 is 2.27 bits per heavy atom. The molecule has 110 valence electrons. The monoisotopic (exact) mass is 355 g/mol. The summed E-state index contributed by atoms with van der Waals surface area (Å²) in [5, 5.41) is 3.13. The van der Waals surface area contributed by atoms with Crippen molar-refractivity contribution in [2.75, 3.05) is 5.32 Å². The van der Waals surface area contributed by atoms with Gasteiger partial charge in [0.2, 0.25) is 5.95 Å². The van der Waals surface area contributed by atoms with Crippen LogP contribution in [0.2, 0.25) is 0 Å². The number of benzene rings is 2. The Morgan fingerprint density at radius 1 is 0.909 bits per heavy atom. The molecule has 0 aliphatic rings. The molecule has 0 aliphatic carbocycles. The standard InChI is InChI=1S/C17H14BrN3O/c18-14-10-19-17(20-11-14)21-15-6-8-16(9-7-15)22-12-13-4-2-1-3-5-13/h1-11H,12H2,(H,19,20,21). The summed E-state index contributed by atoms with van der Waals surface area (Å²) in [6.45, 7) is 0.559. The summed E-state index contributed by atoms with van der Waals surface area (Å²) in [5.41, 5.74) is 2.06. The summed E-state index contributed by atoms with van der Waals surface area (Å²) in [5.74, 6) is 1.38. The van der Waals surface area contributed by atoms with Crippen LogP contribution in [0.3, 0.4) is 0 Å². The number of hydrogen-bond acceptors (Lipinski definition) is 4. The summed E-state index contributed by atoms with van der Waals surface area (Å²) in [4.78, 5) is 8.34. The van der Waals surface area contributed by atoms with Crippen LogP contribution in [0.4, 0.5) is 11.6 Å². The molecule has 1 aromatic heterocycles. The predicted molar refractivity (Wildman–Crippen MR) is 90.2 cm³/mol. The molecule has 3 aromatic rings. The van der Waals surface area contributed by atoms with Gasteiger partial charge in [0.05, 0.1) is 4.47 Å². The Labute approximate surface area is 137 Å². The van der Waals surface area contributed by atoms with Crippen LogP contribution in [0.5, 0.6) is 5.75 Å². The second-order valence-corrected chi connectivity index (χ2v) is 5.56. The fraction of sp³-hybridized carbons (Fsp3) is 0.0588. The zero-order valence-electron chi connectivity index (χ0n) is 11.7. The lowest BCUT2D eigenvalue weighted by molar-refractivity contribution is 0.306. The fourth-order valence-electron chi connectivity index (χ4n) is 1.88. The first-order valence-corrected chi connectivity index (χ1v) is 7.60. The van der Waals surface area contributed by atoms with Crippen LogP contribution in [0.25, 0.3) is 0 Å². The van der Waals surface area contributed by atoms with Gasteiger partial charge in [-0.15, -0.1) is 0 Å². The Kier molecular flexibility index (Phi) is 4.65. The highest BCUT2D eigenvalue weighted by atomic mass is 79.9. The van der Waals surface area contributed by atoms with Gasteiger partial charge in [0, 0.05) is 18.1 Å². The van der Waals surface area contributed by atoms with E-state index in [-0.39, 0.29) is 0 Å². The maximum atomic E-state index is 5.75. The molecule has 0 bridgehead atoms. The van der Waals surface area contributed by atoms with Crippen molar-refractivity contribution in [3.63, 3.8) is 0 Å². The summed E-state index contributed by atoms with van der Waals surface area (Å²) in [7, 11) is 0. The molecule has 0 unspecified atom stereocenters. The van der Waals surface area contributed by atoms with Crippen molar-refractivity contribution in [1.82, 2.24) is 9.97 Å². The van der Waals surface area contributed by atoms with E-state index in [0.29, 0.717) is 12.6 Å². The number of aromatic nitrogens is 2. The third kappa shape index (κ3) is 4.05. The van der Waals surface area contributed by atoms with E-state index in [4.69, 9.17) is 4.74 Å². The van der Waals surface area contributed by atoms with E-state index in [2.05, 4.69) is 31.2 Å². The third-order valence-electron chi connectivity index (χ3n) is 2.98. The molecule has 2 aromatic carbocycles. The van der Waals surface area contributed by atoms with E-state index < -0.39 is 0 Å². The average Bonchev–Trinajstić information content (AvgIpc) is 2.57. The summed E-state index contributed by atoms with van der Waals surface area (Å²) in [6.07, 6.45) is 3.40. The minimum atomic E-state index is 0.557. The molecule has 0 amide bonds. The molecule has 0 spiro atoms. The second-order valence-electron chi connectivity index (χ2n) is 4.65. The van der Waals surface area contributed by atoms with E-state index >= 15 is 0 Å². The van der Waals surface area contributed by atoms with Crippen molar-refractivity contribution in [2.45, 2.75) is 6.61 Å². The van der Waals surface area contributed by atoms with Crippen LogP contribution >= 0.6 is 15.9 Å². The van der Waals surface area contributed by atoms with Gasteiger partial charge in [-0.1, -0.05) is 30.3 Å². The molecule has 0 radical (unpaired) electrons. The summed E-state index contributed by atoms with van der Waals surface area (Å²) < 4.78 is 6.60. The van der Waals surface area contributed by atoms with E-state index in [0.717, 1.165) is 21.5 Å². The van der Waals surface area contributed by atoms with E-state index in [1.807, 2.05) is 54.6 Å². The number of ether oxygens (including phenoxy) is 1. The molecule has 1 N–H and O–H groups in total. The number of nitrogens with zero attached hydrogens (tertiary/aromatic N) is 2. The second kappa shape index (κ2) is 7.04. The first kappa shape index (κ1) is 14.5. The topological polar surface area (TPSA) is 47.0 Å². The van der Waals surface area contributed by atoms with Crippen molar-refractivity contribution in [3.8, 4) is 5.75 Å². The van der Waals surface area contributed by atoms with Gasteiger partial charge >= 0.3 is 0 Å². The zero-order valence-corrected chi connectivity index (χ0v) is 13.3. The van der Waals surface area contributed by atoms with Crippen molar-refractivity contribution < 1.29 is 4.74 Å². The summed E-state index contributed by atoms with van der Waals surface area (Å²) in [6, 6.07) is 17.8. The molecule has 0 atom stereocenters. The van der Waals surface area contributed by atoms with Crippen molar-refractivity contribution >= 4 is 27.6 Å². The SMILES string of the molecule is Brc1cnc(Nc2ccc(OCc3ccccc3)cc2)nc1. The molecule has 5 heteroatoms. The van der Waals surface area contributed by atoms with E-state index in [9.17, 15) is 0 Å². The van der Waals surface area contributed by atoms with Crippen molar-refractivity contribution in [1.29, 1.82) is 0 Å². The van der Waals surface area contributed by atoms with Gasteiger partial charge in [-0.3, -0.25) is 0 Å². The largest absolute Gasteiger partial charge is 0.489 e. The van der Waals surface area contributed by atoms with Crippen LogP contribution in [0.15, 0.2) is 71.5 Å². The van der Waals surface area contributed by atoms with Gasteiger partial charge < -0.3 is 10.1 Å². The number of halogens is 1. The highest BCUT2D eigenvalue weighted by Crippen LogP contribution is 2.19. The molecular weight excluding hydrogens is 342 g/mol. The van der Waals surface area contributed by atoms with E-state index in [1.165, 1.54) is 0 Å². The Morgan fingerprint density at radius 2 is 1.59 bits per heavy atom. The van der Waals surface area contributed by atoms with Crippen LogP contribution < -0.4 is 10.1 Å². The van der Waals surface area contributed by atoms with Crippen molar-refractivity contribution in [3.05, 3.63) is 77.0 Å². The van der Waals surface area contributed by atoms with E-state index in [1.54, 1.807) is 12.4 Å². The Hall–Kier alpha value is -2.40. The first-order chi connectivity index (χ1) is 10.8. The van der Waals surface area contributed by atoms with Gasteiger partial charge in [0.25, 0.3) is 0 Å². The highest BCUT2D eigenvalue weighted by Gasteiger charge is 1.99. The normalized spacial score (nSPS) is 10.2. The lowest BCUT2D eigenvalue weighted by Gasteiger charge is -2.08. The zero-order chi connectivity index (χ0) is 15.2. The maximum absolute atomic E-state index is 5.75. The molecule has 22 heavy (non-hydrogen) atoms. The molecular formula is C17H14BrN3O.